The van der Waals surface area contributed by atoms with Crippen LogP contribution in [0.25, 0.3) is 5.69 Å². The Hall–Kier alpha value is -3.28. The van der Waals surface area contributed by atoms with Gasteiger partial charge in [-0.2, -0.15) is 5.10 Å². The Morgan fingerprint density at radius 3 is 2.32 bits per heavy atom. The first-order chi connectivity index (χ1) is 14.8. The number of ether oxygens (including phenoxy) is 2. The third-order valence-electron chi connectivity index (χ3n) is 5.12. The van der Waals surface area contributed by atoms with Crippen molar-refractivity contribution in [3.63, 3.8) is 0 Å². The van der Waals surface area contributed by atoms with Crippen LogP contribution < -0.4 is 9.47 Å². The summed E-state index contributed by atoms with van der Waals surface area (Å²) in [5.41, 5.74) is 2.60. The summed E-state index contributed by atoms with van der Waals surface area (Å²) in [6.45, 7) is 10.3. The van der Waals surface area contributed by atoms with Crippen molar-refractivity contribution < 1.29 is 14.3 Å². The lowest BCUT2D eigenvalue weighted by Gasteiger charge is -2.28. The standard InChI is InChI=1S/C25H31N3O3/c1-17(2)24(29)27(18(3)4)16-23-19(5)26-28(20-11-8-7-9-12-20)25(23)31-22-14-10-13-21(15-22)30-6/h7-15,17-18H,16H2,1-6H3. The van der Waals surface area contributed by atoms with Crippen molar-refractivity contribution in [3.8, 4) is 23.1 Å². The fraction of sp³-hybridized carbons (Fsp3) is 0.360. The van der Waals surface area contributed by atoms with Gasteiger partial charge in [0.1, 0.15) is 11.5 Å². The maximum atomic E-state index is 12.9. The Labute approximate surface area is 184 Å². The van der Waals surface area contributed by atoms with E-state index >= 15 is 0 Å². The Balaban J connectivity index is 2.09. The van der Waals surface area contributed by atoms with E-state index < -0.39 is 0 Å². The molecule has 2 aromatic carbocycles. The van der Waals surface area contributed by atoms with Gasteiger partial charge >= 0.3 is 0 Å². The molecule has 0 fully saturated rings. The number of benzene rings is 2. The van der Waals surface area contributed by atoms with E-state index in [2.05, 4.69) is 0 Å². The number of hydrogen-bond acceptors (Lipinski definition) is 4. The van der Waals surface area contributed by atoms with Crippen molar-refractivity contribution in [2.75, 3.05) is 7.11 Å². The molecule has 0 saturated heterocycles. The summed E-state index contributed by atoms with van der Waals surface area (Å²) in [6.07, 6.45) is 0. The number of aromatic nitrogens is 2. The SMILES string of the molecule is COc1cccc(Oc2c(CN(C(=O)C(C)C)C(C)C)c(C)nn2-c2ccccc2)c1. The molecule has 6 nitrogen and oxygen atoms in total. The maximum absolute atomic E-state index is 12.9. The highest BCUT2D eigenvalue weighted by Crippen LogP contribution is 2.33. The molecule has 1 aromatic heterocycles. The Morgan fingerprint density at radius 2 is 1.71 bits per heavy atom. The number of hydrogen-bond donors (Lipinski definition) is 0. The molecule has 0 atom stereocenters. The smallest absolute Gasteiger partial charge is 0.227 e. The van der Waals surface area contributed by atoms with Crippen molar-refractivity contribution in [1.29, 1.82) is 0 Å². The average Bonchev–Trinajstić information content (AvgIpc) is 3.06. The number of carbonyl (C=O) groups excluding carboxylic acids is 1. The molecule has 3 aromatic rings. The number of para-hydroxylation sites is 1. The van der Waals surface area contributed by atoms with Crippen molar-refractivity contribution in [1.82, 2.24) is 14.7 Å². The molecule has 0 N–H and O–H groups in total. The number of nitrogens with zero attached hydrogens (tertiary/aromatic N) is 3. The van der Waals surface area contributed by atoms with Gasteiger partial charge in [0.25, 0.3) is 0 Å². The van der Waals surface area contributed by atoms with E-state index in [1.807, 2.05) is 94.1 Å². The lowest BCUT2D eigenvalue weighted by molar-refractivity contribution is -0.136. The molecule has 0 aliphatic carbocycles. The topological polar surface area (TPSA) is 56.6 Å². The molecule has 6 heteroatoms. The predicted molar refractivity (Wildman–Crippen MR) is 122 cm³/mol. The third kappa shape index (κ3) is 5.08. The van der Waals surface area contributed by atoms with E-state index in [9.17, 15) is 4.79 Å². The van der Waals surface area contributed by atoms with E-state index in [0.717, 1.165) is 16.9 Å². The van der Waals surface area contributed by atoms with E-state index in [-0.39, 0.29) is 17.9 Å². The summed E-state index contributed by atoms with van der Waals surface area (Å²) in [5, 5.41) is 4.76. The molecule has 0 aliphatic rings. The highest BCUT2D eigenvalue weighted by atomic mass is 16.5. The van der Waals surface area contributed by atoms with Crippen molar-refractivity contribution in [3.05, 3.63) is 65.9 Å². The molecule has 31 heavy (non-hydrogen) atoms. The van der Waals surface area contributed by atoms with Crippen LogP contribution in [0.4, 0.5) is 0 Å². The van der Waals surface area contributed by atoms with Crippen molar-refractivity contribution >= 4 is 5.91 Å². The van der Waals surface area contributed by atoms with Gasteiger partial charge in [0.05, 0.1) is 30.6 Å². The fourth-order valence-corrected chi connectivity index (χ4v) is 3.36. The molecule has 1 amide bonds. The Bertz CT molecular complexity index is 1030. The van der Waals surface area contributed by atoms with Crippen LogP contribution in [0.2, 0.25) is 0 Å². The number of aryl methyl sites for hydroxylation is 1. The molecule has 1 heterocycles. The summed E-state index contributed by atoms with van der Waals surface area (Å²) >= 11 is 0. The van der Waals surface area contributed by atoms with E-state index in [1.54, 1.807) is 11.8 Å². The van der Waals surface area contributed by atoms with Gasteiger partial charge in [-0.05, 0) is 45.0 Å². The molecule has 0 spiro atoms. The minimum atomic E-state index is -0.0883. The zero-order valence-corrected chi connectivity index (χ0v) is 19.1. The summed E-state index contributed by atoms with van der Waals surface area (Å²) in [4.78, 5) is 14.7. The molecule has 0 bridgehead atoms. The quantitative estimate of drug-likeness (QED) is 0.490. The van der Waals surface area contributed by atoms with Crippen LogP contribution >= 0.6 is 0 Å². The van der Waals surface area contributed by atoms with Gasteiger partial charge in [0, 0.05) is 18.0 Å². The van der Waals surface area contributed by atoms with Crippen LogP contribution in [0.5, 0.6) is 17.4 Å². The van der Waals surface area contributed by atoms with Crippen LogP contribution in [0.15, 0.2) is 54.6 Å². The Morgan fingerprint density at radius 1 is 1.03 bits per heavy atom. The minimum absolute atomic E-state index is 0.0547. The van der Waals surface area contributed by atoms with Crippen LogP contribution in [0.1, 0.15) is 39.0 Å². The molecular formula is C25H31N3O3. The lowest BCUT2D eigenvalue weighted by Crippen LogP contribution is -2.39. The Kier molecular flexibility index (Phi) is 7.00. The monoisotopic (exact) mass is 421 g/mol. The largest absolute Gasteiger partial charge is 0.497 e. The second-order valence-electron chi connectivity index (χ2n) is 8.11. The molecule has 0 aliphatic heterocycles. The second-order valence-corrected chi connectivity index (χ2v) is 8.11. The normalized spacial score (nSPS) is 11.1. The van der Waals surface area contributed by atoms with Crippen LogP contribution in [-0.2, 0) is 11.3 Å². The van der Waals surface area contributed by atoms with Crippen molar-refractivity contribution in [2.24, 2.45) is 5.92 Å². The van der Waals surface area contributed by atoms with Crippen LogP contribution in [0.3, 0.4) is 0 Å². The van der Waals surface area contributed by atoms with Gasteiger partial charge in [-0.3, -0.25) is 4.79 Å². The highest BCUT2D eigenvalue weighted by molar-refractivity contribution is 5.78. The van der Waals surface area contributed by atoms with Gasteiger partial charge in [-0.15, -0.1) is 0 Å². The first-order valence-corrected chi connectivity index (χ1v) is 10.6. The maximum Gasteiger partial charge on any atom is 0.227 e. The zero-order valence-electron chi connectivity index (χ0n) is 19.1. The van der Waals surface area contributed by atoms with Gasteiger partial charge in [-0.1, -0.05) is 38.1 Å². The summed E-state index contributed by atoms with van der Waals surface area (Å²) in [5.74, 6) is 1.97. The number of carbonyl (C=O) groups is 1. The van der Waals surface area contributed by atoms with Crippen LogP contribution in [-0.4, -0.2) is 33.7 Å². The summed E-state index contributed by atoms with van der Waals surface area (Å²) < 4.78 is 13.5. The number of rotatable bonds is 8. The van der Waals surface area contributed by atoms with E-state index in [1.165, 1.54) is 0 Å². The molecule has 164 valence electrons. The van der Waals surface area contributed by atoms with Gasteiger partial charge in [-0.25, -0.2) is 4.68 Å². The summed E-state index contributed by atoms with van der Waals surface area (Å²) in [6, 6.07) is 17.4. The zero-order chi connectivity index (χ0) is 22.5. The average molecular weight is 422 g/mol. The van der Waals surface area contributed by atoms with E-state index in [4.69, 9.17) is 14.6 Å². The molecule has 0 unspecified atom stereocenters. The highest BCUT2D eigenvalue weighted by Gasteiger charge is 2.26. The minimum Gasteiger partial charge on any atom is -0.497 e. The molecule has 3 rings (SSSR count). The van der Waals surface area contributed by atoms with E-state index in [0.29, 0.717) is 23.9 Å². The first-order valence-electron chi connectivity index (χ1n) is 10.6. The summed E-state index contributed by atoms with van der Waals surface area (Å²) in [7, 11) is 1.63. The van der Waals surface area contributed by atoms with Crippen LogP contribution in [0, 0.1) is 12.8 Å². The van der Waals surface area contributed by atoms with Gasteiger partial charge < -0.3 is 14.4 Å². The molecule has 0 radical (unpaired) electrons. The number of amides is 1. The molecular weight excluding hydrogens is 390 g/mol. The lowest BCUT2D eigenvalue weighted by atomic mass is 10.1. The second kappa shape index (κ2) is 9.69. The van der Waals surface area contributed by atoms with Gasteiger partial charge in [0.15, 0.2) is 0 Å². The number of methoxy groups -OCH3 is 1. The molecule has 0 saturated carbocycles. The van der Waals surface area contributed by atoms with Crippen molar-refractivity contribution in [2.45, 2.75) is 47.2 Å². The predicted octanol–water partition coefficient (Wildman–Crippen LogP) is 5.37. The van der Waals surface area contributed by atoms with Gasteiger partial charge in [0.2, 0.25) is 11.8 Å². The fourth-order valence-electron chi connectivity index (χ4n) is 3.36. The first kappa shape index (κ1) is 22.4. The third-order valence-corrected chi connectivity index (χ3v) is 5.12.